The molecule has 0 heterocycles. The molecule has 0 unspecified atom stereocenters. The summed E-state index contributed by atoms with van der Waals surface area (Å²) in [5.74, 6) is 0.734. The summed E-state index contributed by atoms with van der Waals surface area (Å²) in [6.45, 7) is 1.90. The normalized spacial score (nSPS) is 15.2. The van der Waals surface area contributed by atoms with Crippen LogP contribution in [0.4, 0.5) is 0 Å². The number of ether oxygens (including phenoxy) is 1. The Kier molecular flexibility index (Phi) is 5.74. The molecule has 0 amide bonds. The van der Waals surface area contributed by atoms with E-state index in [1.54, 1.807) is 12.7 Å². The Hall–Kier alpha value is -0.990. The standard InChI is InChI=1S/C16H22ClNO/c1-19-16-8-7-14(11-15(16)17)12-18-10-9-13-5-3-2-4-6-13/h5,7-8,11,18H,2-4,6,9-10,12H2,1H3. The van der Waals surface area contributed by atoms with Crippen molar-refractivity contribution in [1.82, 2.24) is 5.32 Å². The molecular formula is C16H22ClNO. The van der Waals surface area contributed by atoms with Crippen molar-refractivity contribution in [3.63, 3.8) is 0 Å². The monoisotopic (exact) mass is 279 g/mol. The number of benzene rings is 1. The summed E-state index contributed by atoms with van der Waals surface area (Å²) >= 11 is 6.10. The van der Waals surface area contributed by atoms with Gasteiger partial charge in [-0.1, -0.05) is 29.3 Å². The van der Waals surface area contributed by atoms with Gasteiger partial charge in [0.2, 0.25) is 0 Å². The van der Waals surface area contributed by atoms with Crippen molar-refractivity contribution in [3.8, 4) is 5.75 Å². The van der Waals surface area contributed by atoms with Crippen LogP contribution in [0.2, 0.25) is 5.02 Å². The first-order valence-electron chi connectivity index (χ1n) is 7.00. The first-order valence-corrected chi connectivity index (χ1v) is 7.38. The maximum absolute atomic E-state index is 6.10. The summed E-state index contributed by atoms with van der Waals surface area (Å²) in [6, 6.07) is 5.94. The van der Waals surface area contributed by atoms with E-state index in [4.69, 9.17) is 16.3 Å². The van der Waals surface area contributed by atoms with Crippen LogP contribution >= 0.6 is 11.6 Å². The van der Waals surface area contributed by atoms with Gasteiger partial charge in [-0.05, 0) is 56.3 Å². The van der Waals surface area contributed by atoms with E-state index in [9.17, 15) is 0 Å². The lowest BCUT2D eigenvalue weighted by Crippen LogP contribution is -2.15. The molecule has 3 heteroatoms. The third-order valence-electron chi connectivity index (χ3n) is 3.55. The first-order chi connectivity index (χ1) is 9.29. The van der Waals surface area contributed by atoms with Gasteiger partial charge in [-0.3, -0.25) is 0 Å². The highest BCUT2D eigenvalue weighted by Gasteiger charge is 2.04. The molecule has 0 radical (unpaired) electrons. The Morgan fingerprint density at radius 3 is 2.89 bits per heavy atom. The van der Waals surface area contributed by atoms with Crippen molar-refractivity contribution >= 4 is 11.6 Å². The zero-order valence-corrected chi connectivity index (χ0v) is 12.3. The highest BCUT2D eigenvalue weighted by molar-refractivity contribution is 6.32. The minimum absolute atomic E-state index is 0.678. The first kappa shape index (κ1) is 14.4. The summed E-state index contributed by atoms with van der Waals surface area (Å²) in [5.41, 5.74) is 2.81. The molecule has 0 fully saturated rings. The van der Waals surface area contributed by atoms with E-state index < -0.39 is 0 Å². The highest BCUT2D eigenvalue weighted by Crippen LogP contribution is 2.25. The fraction of sp³-hybridized carbons (Fsp3) is 0.500. The van der Waals surface area contributed by atoms with Crippen LogP contribution in [0.3, 0.4) is 0 Å². The Morgan fingerprint density at radius 2 is 2.21 bits per heavy atom. The number of halogens is 1. The number of rotatable bonds is 6. The molecule has 1 aliphatic carbocycles. The average molecular weight is 280 g/mol. The van der Waals surface area contributed by atoms with Gasteiger partial charge in [-0.2, -0.15) is 0 Å². The largest absolute Gasteiger partial charge is 0.495 e. The summed E-state index contributed by atoms with van der Waals surface area (Å²) in [5, 5.41) is 4.15. The number of hydrogen-bond donors (Lipinski definition) is 1. The van der Waals surface area contributed by atoms with E-state index in [0.717, 1.165) is 18.8 Å². The molecule has 2 rings (SSSR count). The van der Waals surface area contributed by atoms with Gasteiger partial charge in [0.15, 0.2) is 0 Å². The van der Waals surface area contributed by atoms with Crippen LogP contribution in [-0.2, 0) is 6.54 Å². The van der Waals surface area contributed by atoms with Crippen molar-refractivity contribution in [2.45, 2.75) is 38.6 Å². The molecule has 0 aromatic heterocycles. The van der Waals surface area contributed by atoms with Gasteiger partial charge >= 0.3 is 0 Å². The zero-order chi connectivity index (χ0) is 13.5. The molecule has 0 saturated heterocycles. The molecule has 19 heavy (non-hydrogen) atoms. The molecule has 0 atom stereocenters. The number of allylic oxidation sites excluding steroid dienone is 1. The summed E-state index contributed by atoms with van der Waals surface area (Å²) in [7, 11) is 1.64. The van der Waals surface area contributed by atoms with Crippen LogP contribution in [0.1, 0.15) is 37.7 Å². The van der Waals surface area contributed by atoms with Gasteiger partial charge < -0.3 is 10.1 Å². The second-order valence-electron chi connectivity index (χ2n) is 5.00. The maximum Gasteiger partial charge on any atom is 0.137 e. The lowest BCUT2D eigenvalue weighted by Gasteiger charge is -2.13. The van der Waals surface area contributed by atoms with E-state index in [-0.39, 0.29) is 0 Å². The van der Waals surface area contributed by atoms with Crippen molar-refractivity contribution in [2.24, 2.45) is 0 Å². The Morgan fingerprint density at radius 1 is 1.32 bits per heavy atom. The molecule has 0 aliphatic heterocycles. The summed E-state index contributed by atoms with van der Waals surface area (Å²) in [4.78, 5) is 0. The van der Waals surface area contributed by atoms with Crippen LogP contribution in [0.15, 0.2) is 29.8 Å². The van der Waals surface area contributed by atoms with E-state index in [1.165, 1.54) is 37.7 Å². The van der Waals surface area contributed by atoms with Gasteiger partial charge in [0, 0.05) is 6.54 Å². The van der Waals surface area contributed by atoms with Crippen LogP contribution in [0.25, 0.3) is 0 Å². The minimum Gasteiger partial charge on any atom is -0.495 e. The fourth-order valence-electron chi connectivity index (χ4n) is 2.43. The predicted molar refractivity (Wildman–Crippen MR) is 80.9 cm³/mol. The molecule has 2 nitrogen and oxygen atoms in total. The molecule has 1 aromatic carbocycles. The average Bonchev–Trinajstić information content (AvgIpc) is 2.45. The SMILES string of the molecule is COc1ccc(CNCCC2=CCCCC2)cc1Cl. The quantitative estimate of drug-likeness (QED) is 0.618. The maximum atomic E-state index is 6.10. The third-order valence-corrected chi connectivity index (χ3v) is 3.85. The van der Waals surface area contributed by atoms with Gasteiger partial charge in [0.25, 0.3) is 0 Å². The van der Waals surface area contributed by atoms with E-state index in [1.807, 2.05) is 12.1 Å². The van der Waals surface area contributed by atoms with Gasteiger partial charge in [0.1, 0.15) is 5.75 Å². The number of hydrogen-bond acceptors (Lipinski definition) is 2. The fourth-order valence-corrected chi connectivity index (χ4v) is 2.71. The molecule has 1 N–H and O–H groups in total. The lowest BCUT2D eigenvalue weighted by molar-refractivity contribution is 0.415. The molecule has 0 saturated carbocycles. The summed E-state index contributed by atoms with van der Waals surface area (Å²) in [6.07, 6.45) is 8.86. The van der Waals surface area contributed by atoms with Crippen molar-refractivity contribution in [3.05, 3.63) is 40.4 Å². The number of nitrogens with one attached hydrogen (secondary N) is 1. The van der Waals surface area contributed by atoms with Crippen molar-refractivity contribution in [1.29, 1.82) is 0 Å². The number of methoxy groups -OCH3 is 1. The van der Waals surface area contributed by atoms with Gasteiger partial charge in [-0.25, -0.2) is 0 Å². The van der Waals surface area contributed by atoms with E-state index in [2.05, 4.69) is 17.5 Å². The van der Waals surface area contributed by atoms with Crippen LogP contribution in [-0.4, -0.2) is 13.7 Å². The van der Waals surface area contributed by atoms with Crippen molar-refractivity contribution < 1.29 is 4.74 Å². The van der Waals surface area contributed by atoms with E-state index in [0.29, 0.717) is 5.02 Å². The minimum atomic E-state index is 0.678. The summed E-state index contributed by atoms with van der Waals surface area (Å²) < 4.78 is 5.15. The highest BCUT2D eigenvalue weighted by atomic mass is 35.5. The predicted octanol–water partition coefficient (Wildman–Crippen LogP) is 4.33. The molecule has 1 aliphatic rings. The van der Waals surface area contributed by atoms with Crippen LogP contribution < -0.4 is 10.1 Å². The van der Waals surface area contributed by atoms with E-state index >= 15 is 0 Å². The zero-order valence-electron chi connectivity index (χ0n) is 11.5. The molecule has 0 bridgehead atoms. The van der Waals surface area contributed by atoms with Crippen molar-refractivity contribution in [2.75, 3.05) is 13.7 Å². The second kappa shape index (κ2) is 7.56. The van der Waals surface area contributed by atoms with Gasteiger partial charge in [0.05, 0.1) is 12.1 Å². The Bertz CT molecular complexity index is 442. The third kappa shape index (κ3) is 4.55. The van der Waals surface area contributed by atoms with Crippen LogP contribution in [0, 0.1) is 0 Å². The molecule has 104 valence electrons. The smallest absolute Gasteiger partial charge is 0.137 e. The molecule has 1 aromatic rings. The lowest BCUT2D eigenvalue weighted by atomic mass is 9.97. The molecule has 0 spiro atoms. The van der Waals surface area contributed by atoms with Crippen LogP contribution in [0.5, 0.6) is 5.75 Å². The Labute approximate surface area is 120 Å². The van der Waals surface area contributed by atoms with Gasteiger partial charge in [-0.15, -0.1) is 0 Å². The topological polar surface area (TPSA) is 21.3 Å². The second-order valence-corrected chi connectivity index (χ2v) is 5.41. The molecular weight excluding hydrogens is 258 g/mol. The Balaban J connectivity index is 1.73.